The van der Waals surface area contributed by atoms with Crippen molar-refractivity contribution in [2.75, 3.05) is 18.0 Å². The maximum Gasteiger partial charge on any atom is 0.261 e. The lowest BCUT2D eigenvalue weighted by Gasteiger charge is -2.24. The highest BCUT2D eigenvalue weighted by Crippen LogP contribution is 2.35. The number of aromatic amines is 1. The van der Waals surface area contributed by atoms with Gasteiger partial charge in [-0.15, -0.1) is 11.3 Å². The molecule has 0 radical (unpaired) electrons. The van der Waals surface area contributed by atoms with E-state index < -0.39 is 0 Å². The van der Waals surface area contributed by atoms with Crippen molar-refractivity contribution in [3.05, 3.63) is 33.5 Å². The molecule has 0 fully saturated rings. The molecule has 0 saturated heterocycles. The van der Waals surface area contributed by atoms with Gasteiger partial charge in [-0.1, -0.05) is 13.8 Å². The van der Waals surface area contributed by atoms with Gasteiger partial charge in [0, 0.05) is 30.9 Å². The number of aryl methyl sites for hydroxylation is 3. The van der Waals surface area contributed by atoms with Crippen LogP contribution in [-0.4, -0.2) is 29.2 Å². The molecule has 0 atom stereocenters. The fourth-order valence-corrected chi connectivity index (χ4v) is 4.56. The number of amides is 1. The van der Waals surface area contributed by atoms with Crippen molar-refractivity contribution < 1.29 is 4.79 Å². The van der Waals surface area contributed by atoms with Gasteiger partial charge in [0.05, 0.1) is 15.6 Å². The molecular weight excluding hydrogens is 332 g/mol. The lowest BCUT2D eigenvalue weighted by Crippen LogP contribution is -2.27. The summed E-state index contributed by atoms with van der Waals surface area (Å²) in [6.07, 6.45) is 3.51. The average molecular weight is 361 g/mol. The van der Waals surface area contributed by atoms with E-state index in [1.807, 2.05) is 13.8 Å². The number of carbonyl (C=O) groups excluding carboxylic acids is 1. The van der Waals surface area contributed by atoms with Crippen LogP contribution in [0, 0.1) is 19.8 Å². The molecule has 2 aromatic rings. The molecule has 1 aliphatic heterocycles. The third kappa shape index (κ3) is 4.06. The highest BCUT2D eigenvalue weighted by Gasteiger charge is 2.22. The zero-order chi connectivity index (χ0) is 18.0. The molecule has 1 aliphatic rings. The number of thiophene rings is 1. The molecular formula is C19H28N4OS. The number of hydrogen-bond donors (Lipinski definition) is 2. The summed E-state index contributed by atoms with van der Waals surface area (Å²) >= 11 is 1.64. The first-order chi connectivity index (χ1) is 12.0. The molecule has 0 aromatic carbocycles. The summed E-state index contributed by atoms with van der Waals surface area (Å²) in [5, 5.41) is 11.5. The van der Waals surface area contributed by atoms with Crippen LogP contribution in [0.15, 0.2) is 6.07 Å². The molecule has 136 valence electrons. The number of carbonyl (C=O) groups is 1. The topological polar surface area (TPSA) is 61.0 Å². The first kappa shape index (κ1) is 18.0. The zero-order valence-electron chi connectivity index (χ0n) is 15.6. The number of anilines is 1. The third-order valence-corrected chi connectivity index (χ3v) is 5.95. The largest absolute Gasteiger partial charge is 0.363 e. The summed E-state index contributed by atoms with van der Waals surface area (Å²) < 4.78 is 0. The van der Waals surface area contributed by atoms with Crippen LogP contribution < -0.4 is 10.2 Å². The van der Waals surface area contributed by atoms with Crippen LogP contribution in [0.5, 0.6) is 0 Å². The number of nitrogens with one attached hydrogen (secondary N) is 2. The fraction of sp³-hybridized carbons (Fsp3) is 0.579. The van der Waals surface area contributed by atoms with Crippen molar-refractivity contribution >= 4 is 22.2 Å². The second-order valence-corrected chi connectivity index (χ2v) is 8.36. The highest BCUT2D eigenvalue weighted by atomic mass is 32.1. The Labute approximate surface area is 153 Å². The Hall–Kier alpha value is -1.82. The van der Waals surface area contributed by atoms with Crippen LogP contribution >= 0.6 is 11.3 Å². The quantitative estimate of drug-likeness (QED) is 0.852. The van der Waals surface area contributed by atoms with Crippen LogP contribution in [0.4, 0.5) is 5.00 Å². The monoisotopic (exact) mass is 360 g/mol. The Kier molecular flexibility index (Phi) is 5.47. The van der Waals surface area contributed by atoms with E-state index in [0.29, 0.717) is 12.5 Å². The zero-order valence-corrected chi connectivity index (χ0v) is 16.4. The van der Waals surface area contributed by atoms with Crippen LogP contribution in [0.1, 0.15) is 58.9 Å². The lowest BCUT2D eigenvalue weighted by molar-refractivity contribution is 0.0955. The van der Waals surface area contributed by atoms with E-state index >= 15 is 0 Å². The van der Waals surface area contributed by atoms with Crippen molar-refractivity contribution in [3.63, 3.8) is 0 Å². The average Bonchev–Trinajstić information content (AvgIpc) is 3.07. The van der Waals surface area contributed by atoms with Gasteiger partial charge in [-0.05, 0) is 50.7 Å². The minimum atomic E-state index is 0.0163. The number of fused-ring (bicyclic) bond motifs is 1. The molecule has 3 rings (SSSR count). The van der Waals surface area contributed by atoms with Gasteiger partial charge in [-0.3, -0.25) is 9.89 Å². The summed E-state index contributed by atoms with van der Waals surface area (Å²) in [6, 6.07) is 2.10. The number of nitrogens with zero attached hydrogens (tertiary/aromatic N) is 2. The number of aromatic nitrogens is 2. The Morgan fingerprint density at radius 3 is 2.88 bits per heavy atom. The van der Waals surface area contributed by atoms with Crippen LogP contribution in [0.3, 0.4) is 0 Å². The normalized spacial score (nSPS) is 14.5. The van der Waals surface area contributed by atoms with Gasteiger partial charge in [0.1, 0.15) is 0 Å². The molecule has 0 unspecified atom stereocenters. The van der Waals surface area contributed by atoms with Gasteiger partial charge in [-0.25, -0.2) is 0 Å². The van der Waals surface area contributed by atoms with E-state index in [2.05, 4.69) is 40.3 Å². The van der Waals surface area contributed by atoms with Gasteiger partial charge >= 0.3 is 0 Å². The Balaban J connectivity index is 1.73. The first-order valence-corrected chi connectivity index (χ1v) is 9.93. The van der Waals surface area contributed by atoms with Gasteiger partial charge < -0.3 is 10.2 Å². The lowest BCUT2D eigenvalue weighted by atomic mass is 10.1. The highest BCUT2D eigenvalue weighted by molar-refractivity contribution is 7.18. The Morgan fingerprint density at radius 2 is 2.20 bits per heavy atom. The predicted molar refractivity (Wildman–Crippen MR) is 104 cm³/mol. The molecule has 0 aliphatic carbocycles. The van der Waals surface area contributed by atoms with E-state index in [1.165, 1.54) is 23.4 Å². The van der Waals surface area contributed by atoms with Gasteiger partial charge in [0.25, 0.3) is 5.91 Å². The SMILES string of the molecule is Cc1n[nH]c(C)c1CNC(=O)c1cc2c(s1)N(CC(C)C)CCCC2. The minimum Gasteiger partial charge on any atom is -0.363 e. The number of H-pyrrole nitrogens is 1. The second-order valence-electron chi connectivity index (χ2n) is 7.33. The molecule has 1 amide bonds. The van der Waals surface area contributed by atoms with Crippen molar-refractivity contribution in [3.8, 4) is 0 Å². The Morgan fingerprint density at radius 1 is 1.40 bits per heavy atom. The maximum atomic E-state index is 12.6. The minimum absolute atomic E-state index is 0.0163. The van der Waals surface area contributed by atoms with E-state index in [-0.39, 0.29) is 5.91 Å². The molecule has 0 spiro atoms. The molecule has 3 heterocycles. The molecule has 0 saturated carbocycles. The van der Waals surface area contributed by atoms with Crippen molar-refractivity contribution in [2.45, 2.75) is 53.5 Å². The van der Waals surface area contributed by atoms with Crippen LogP contribution in [0.25, 0.3) is 0 Å². The van der Waals surface area contributed by atoms with Crippen molar-refractivity contribution in [1.29, 1.82) is 0 Å². The summed E-state index contributed by atoms with van der Waals surface area (Å²) in [5.74, 6) is 0.639. The third-order valence-electron chi connectivity index (χ3n) is 4.71. The smallest absolute Gasteiger partial charge is 0.261 e. The van der Waals surface area contributed by atoms with Crippen LogP contribution in [0.2, 0.25) is 0 Å². The van der Waals surface area contributed by atoms with E-state index in [4.69, 9.17) is 0 Å². The second kappa shape index (κ2) is 7.60. The predicted octanol–water partition coefficient (Wildman–Crippen LogP) is 3.82. The molecule has 5 nitrogen and oxygen atoms in total. The Bertz CT molecular complexity index is 727. The van der Waals surface area contributed by atoms with Crippen molar-refractivity contribution in [2.24, 2.45) is 5.92 Å². The first-order valence-electron chi connectivity index (χ1n) is 9.12. The molecule has 25 heavy (non-hydrogen) atoms. The van der Waals surface area contributed by atoms with Gasteiger partial charge in [0.2, 0.25) is 0 Å². The molecule has 2 aromatic heterocycles. The van der Waals surface area contributed by atoms with Crippen LogP contribution in [-0.2, 0) is 13.0 Å². The summed E-state index contributed by atoms with van der Waals surface area (Å²) in [5.41, 5.74) is 4.38. The summed E-state index contributed by atoms with van der Waals surface area (Å²) in [6.45, 7) is 11.1. The fourth-order valence-electron chi connectivity index (χ4n) is 3.40. The standard InChI is InChI=1S/C19H28N4OS/c1-12(2)11-23-8-6-5-7-15-9-17(25-19(15)23)18(24)20-10-16-13(3)21-22-14(16)4/h9,12H,5-8,10-11H2,1-4H3,(H,20,24)(H,21,22). The number of hydrogen-bond acceptors (Lipinski definition) is 4. The van der Waals surface area contributed by atoms with Crippen molar-refractivity contribution in [1.82, 2.24) is 15.5 Å². The summed E-state index contributed by atoms with van der Waals surface area (Å²) in [7, 11) is 0. The maximum absolute atomic E-state index is 12.6. The molecule has 2 N–H and O–H groups in total. The molecule has 6 heteroatoms. The van der Waals surface area contributed by atoms with Gasteiger partial charge in [0.15, 0.2) is 0 Å². The van der Waals surface area contributed by atoms with E-state index in [9.17, 15) is 4.79 Å². The number of rotatable bonds is 5. The van der Waals surface area contributed by atoms with Gasteiger partial charge in [-0.2, -0.15) is 5.10 Å². The summed E-state index contributed by atoms with van der Waals surface area (Å²) in [4.78, 5) is 15.9. The molecule has 0 bridgehead atoms. The van der Waals surface area contributed by atoms with E-state index in [1.54, 1.807) is 11.3 Å². The van der Waals surface area contributed by atoms with E-state index in [0.717, 1.165) is 41.3 Å².